The molecule has 0 fully saturated rings. The molecule has 0 radical (unpaired) electrons. The van der Waals surface area contributed by atoms with Crippen molar-refractivity contribution < 1.29 is 13.2 Å². The van der Waals surface area contributed by atoms with E-state index in [0.29, 0.717) is 19.6 Å². The molecule has 0 aromatic carbocycles. The molecule has 1 unspecified atom stereocenters. The molecule has 25 heavy (non-hydrogen) atoms. The van der Waals surface area contributed by atoms with E-state index in [1.54, 1.807) is 20.9 Å². The van der Waals surface area contributed by atoms with E-state index in [0.717, 1.165) is 4.57 Å². The summed E-state index contributed by atoms with van der Waals surface area (Å²) in [7, 11) is -1.89. The minimum absolute atomic E-state index is 0. The maximum absolute atomic E-state index is 12.5. The fraction of sp³-hybridized carbons (Fsp3) is 0.600. The van der Waals surface area contributed by atoms with Gasteiger partial charge in [0.15, 0.2) is 0 Å². The van der Waals surface area contributed by atoms with Crippen LogP contribution in [0.4, 0.5) is 0 Å². The van der Waals surface area contributed by atoms with Gasteiger partial charge in [-0.3, -0.25) is 9.59 Å². The van der Waals surface area contributed by atoms with Crippen molar-refractivity contribution in [1.29, 1.82) is 0 Å². The number of hydrogen-bond donors (Lipinski definition) is 2. The van der Waals surface area contributed by atoms with E-state index in [1.165, 1.54) is 22.6 Å². The Hall–Kier alpha value is -1.42. The van der Waals surface area contributed by atoms with E-state index in [9.17, 15) is 18.0 Å². The summed E-state index contributed by atoms with van der Waals surface area (Å²) in [5.41, 5.74) is -0.426. The Morgan fingerprint density at radius 2 is 1.88 bits per heavy atom. The van der Waals surface area contributed by atoms with Gasteiger partial charge >= 0.3 is 0 Å². The van der Waals surface area contributed by atoms with Gasteiger partial charge in [0.25, 0.3) is 5.56 Å². The molecule has 0 aliphatic rings. The maximum Gasteiger partial charge on any atom is 0.251 e. The van der Waals surface area contributed by atoms with Crippen molar-refractivity contribution in [2.24, 2.45) is 0 Å². The van der Waals surface area contributed by atoms with Crippen LogP contribution in [0.1, 0.15) is 20.8 Å². The van der Waals surface area contributed by atoms with Crippen LogP contribution in [0, 0.1) is 0 Å². The third-order valence-corrected chi connectivity index (χ3v) is 5.75. The molecule has 0 saturated carbocycles. The molecule has 0 bridgehead atoms. The second kappa shape index (κ2) is 10.5. The number of aromatic nitrogens is 1. The molecule has 8 nitrogen and oxygen atoms in total. The molecular formula is C15H27ClN4O4S. The first-order valence-electron chi connectivity index (χ1n) is 7.90. The lowest BCUT2D eigenvalue weighted by molar-refractivity contribution is -0.121. The quantitative estimate of drug-likeness (QED) is 0.615. The van der Waals surface area contributed by atoms with Crippen LogP contribution in [0.2, 0.25) is 0 Å². The molecule has 10 heteroatoms. The van der Waals surface area contributed by atoms with E-state index in [2.05, 4.69) is 10.6 Å². The van der Waals surface area contributed by atoms with Crippen LogP contribution in [-0.4, -0.2) is 55.9 Å². The van der Waals surface area contributed by atoms with Crippen LogP contribution in [-0.2, 0) is 21.4 Å². The fourth-order valence-electron chi connectivity index (χ4n) is 2.08. The molecule has 1 aromatic rings. The Kier molecular flexibility index (Phi) is 9.95. The summed E-state index contributed by atoms with van der Waals surface area (Å²) in [4.78, 5) is 23.8. The van der Waals surface area contributed by atoms with Gasteiger partial charge in [-0.15, -0.1) is 12.4 Å². The van der Waals surface area contributed by atoms with Gasteiger partial charge in [-0.2, -0.15) is 4.31 Å². The predicted octanol–water partition coefficient (Wildman–Crippen LogP) is 0.0247. The molecule has 0 aliphatic carbocycles. The smallest absolute Gasteiger partial charge is 0.251 e. The van der Waals surface area contributed by atoms with Gasteiger partial charge in [0.05, 0.1) is 4.90 Å². The lowest BCUT2D eigenvalue weighted by Gasteiger charge is -2.19. The van der Waals surface area contributed by atoms with Crippen LogP contribution in [0.15, 0.2) is 28.0 Å². The van der Waals surface area contributed by atoms with Gasteiger partial charge in [-0.25, -0.2) is 8.42 Å². The molecule has 1 amide bonds. The molecule has 1 atom stereocenters. The van der Waals surface area contributed by atoms with Gasteiger partial charge in [-0.05, 0) is 20.0 Å². The molecule has 1 rings (SSSR count). The number of nitrogens with zero attached hydrogens (tertiary/aromatic N) is 2. The third-order valence-electron chi connectivity index (χ3n) is 3.71. The average Bonchev–Trinajstić information content (AvgIpc) is 2.55. The highest BCUT2D eigenvalue weighted by molar-refractivity contribution is 7.89. The number of hydrogen-bond acceptors (Lipinski definition) is 5. The summed E-state index contributed by atoms with van der Waals surface area (Å²) in [6.45, 7) is 6.25. The van der Waals surface area contributed by atoms with Crippen LogP contribution >= 0.6 is 12.4 Å². The van der Waals surface area contributed by atoms with Crippen LogP contribution in [0.25, 0.3) is 0 Å². The Bertz CT molecular complexity index is 716. The average molecular weight is 395 g/mol. The Labute approximate surface area is 155 Å². The van der Waals surface area contributed by atoms with Crippen LogP contribution in [0.5, 0.6) is 0 Å². The highest BCUT2D eigenvalue weighted by atomic mass is 35.5. The molecule has 0 saturated heterocycles. The van der Waals surface area contributed by atoms with Crippen molar-refractivity contribution in [3.8, 4) is 0 Å². The van der Waals surface area contributed by atoms with Crippen molar-refractivity contribution >= 4 is 28.3 Å². The number of rotatable bonds is 9. The second-order valence-corrected chi connectivity index (χ2v) is 7.35. The lowest BCUT2D eigenvalue weighted by atomic mass is 10.3. The highest BCUT2D eigenvalue weighted by Crippen LogP contribution is 2.13. The number of likely N-dealkylation sites (N-methyl/N-ethyl adjacent to an activating group) is 1. The standard InChI is InChI=1S/C15H26N4O4S.ClH/c1-5-19(6-2)24(22,23)13-7-8-15(21)18(10-13)11-14(20)17-9-12(3)16-4;/h7-8,10,12,16H,5-6,9,11H2,1-4H3,(H,17,20);1H. The Morgan fingerprint density at radius 3 is 2.40 bits per heavy atom. The van der Waals surface area contributed by atoms with Gasteiger partial charge in [0.2, 0.25) is 15.9 Å². The number of pyridine rings is 1. The Morgan fingerprint density at radius 1 is 1.28 bits per heavy atom. The summed E-state index contributed by atoms with van der Waals surface area (Å²) in [5, 5.41) is 5.67. The van der Waals surface area contributed by atoms with Crippen molar-refractivity contribution in [2.45, 2.75) is 38.3 Å². The fourth-order valence-corrected chi connectivity index (χ4v) is 3.56. The first kappa shape index (κ1) is 23.6. The molecule has 2 N–H and O–H groups in total. The summed E-state index contributed by atoms with van der Waals surface area (Å²) in [6, 6.07) is 2.54. The zero-order chi connectivity index (χ0) is 18.3. The molecule has 1 aromatic heterocycles. The van der Waals surface area contributed by atoms with Crippen LogP contribution < -0.4 is 16.2 Å². The number of carbonyl (C=O) groups excluding carboxylic acids is 1. The third kappa shape index (κ3) is 6.43. The monoisotopic (exact) mass is 394 g/mol. The number of amides is 1. The Balaban J connectivity index is 0.00000576. The number of sulfonamides is 1. The summed E-state index contributed by atoms with van der Waals surface area (Å²) in [5.74, 6) is -0.350. The number of halogens is 1. The van der Waals surface area contributed by atoms with Crippen LogP contribution in [0.3, 0.4) is 0 Å². The van der Waals surface area contributed by atoms with E-state index in [-0.39, 0.29) is 35.8 Å². The molecule has 0 aliphatic heterocycles. The van der Waals surface area contributed by atoms with E-state index in [4.69, 9.17) is 0 Å². The molecular weight excluding hydrogens is 368 g/mol. The maximum atomic E-state index is 12.5. The van der Waals surface area contributed by atoms with Crippen molar-refractivity contribution in [3.63, 3.8) is 0 Å². The number of carbonyl (C=O) groups is 1. The minimum Gasteiger partial charge on any atom is -0.353 e. The SMILES string of the molecule is CCN(CC)S(=O)(=O)c1ccc(=O)n(CC(=O)NCC(C)NC)c1.Cl. The summed E-state index contributed by atoms with van der Waals surface area (Å²) >= 11 is 0. The zero-order valence-corrected chi connectivity index (χ0v) is 16.6. The van der Waals surface area contributed by atoms with Gasteiger partial charge in [-0.1, -0.05) is 13.8 Å². The van der Waals surface area contributed by atoms with Gasteiger partial charge in [0.1, 0.15) is 6.54 Å². The highest BCUT2D eigenvalue weighted by Gasteiger charge is 2.22. The van der Waals surface area contributed by atoms with Crippen molar-refractivity contribution in [2.75, 3.05) is 26.7 Å². The van der Waals surface area contributed by atoms with E-state index in [1.807, 2.05) is 6.92 Å². The van der Waals surface area contributed by atoms with Crippen molar-refractivity contribution in [1.82, 2.24) is 19.5 Å². The van der Waals surface area contributed by atoms with E-state index < -0.39 is 15.6 Å². The normalized spacial score (nSPS) is 12.5. The molecule has 0 spiro atoms. The predicted molar refractivity (Wildman–Crippen MR) is 99.6 cm³/mol. The van der Waals surface area contributed by atoms with Gasteiger partial charge in [0, 0.05) is 37.9 Å². The molecule has 144 valence electrons. The van der Waals surface area contributed by atoms with Crippen molar-refractivity contribution in [3.05, 3.63) is 28.7 Å². The molecule has 1 heterocycles. The van der Waals surface area contributed by atoms with E-state index >= 15 is 0 Å². The lowest BCUT2D eigenvalue weighted by Crippen LogP contribution is -2.40. The summed E-state index contributed by atoms with van der Waals surface area (Å²) in [6.07, 6.45) is 1.22. The first-order chi connectivity index (χ1) is 11.3. The summed E-state index contributed by atoms with van der Waals surface area (Å²) < 4.78 is 27.4. The topological polar surface area (TPSA) is 101 Å². The minimum atomic E-state index is -3.67. The second-order valence-electron chi connectivity index (χ2n) is 5.41. The zero-order valence-electron chi connectivity index (χ0n) is 15.0. The first-order valence-corrected chi connectivity index (χ1v) is 9.34. The largest absolute Gasteiger partial charge is 0.353 e. The number of nitrogens with one attached hydrogen (secondary N) is 2. The van der Waals surface area contributed by atoms with Gasteiger partial charge < -0.3 is 15.2 Å².